The molecule has 1 rings (SSSR count). The lowest BCUT2D eigenvalue weighted by atomic mass is 10.3. The number of rotatable bonds is 3. The highest BCUT2D eigenvalue weighted by molar-refractivity contribution is 5.10. The molecule has 0 spiro atoms. The second-order valence-electron chi connectivity index (χ2n) is 3.26. The zero-order valence-electron chi connectivity index (χ0n) is 8.04. The van der Waals surface area contributed by atoms with E-state index in [2.05, 4.69) is 23.4 Å². The van der Waals surface area contributed by atoms with Gasteiger partial charge in [-0.05, 0) is 20.3 Å². The first-order valence-corrected chi connectivity index (χ1v) is 4.41. The van der Waals surface area contributed by atoms with E-state index >= 15 is 0 Å². The van der Waals surface area contributed by atoms with Gasteiger partial charge in [-0.15, -0.1) is 0 Å². The molecule has 2 N–H and O–H groups in total. The van der Waals surface area contributed by atoms with Crippen molar-refractivity contribution in [2.24, 2.45) is 5.73 Å². The van der Waals surface area contributed by atoms with Crippen LogP contribution in [0, 0.1) is 6.92 Å². The zero-order valence-corrected chi connectivity index (χ0v) is 8.04. The van der Waals surface area contributed by atoms with E-state index in [4.69, 9.17) is 5.73 Å². The van der Waals surface area contributed by atoms with Crippen molar-refractivity contribution < 1.29 is 0 Å². The predicted molar refractivity (Wildman–Crippen MR) is 50.0 cm³/mol. The van der Waals surface area contributed by atoms with Gasteiger partial charge in [-0.25, -0.2) is 4.98 Å². The van der Waals surface area contributed by atoms with Gasteiger partial charge in [0.05, 0.1) is 12.0 Å². The third-order valence-corrected chi connectivity index (χ3v) is 2.02. The third-order valence-electron chi connectivity index (χ3n) is 2.02. The summed E-state index contributed by atoms with van der Waals surface area (Å²) < 4.78 is 2.11. The minimum absolute atomic E-state index is 0.197. The van der Waals surface area contributed by atoms with E-state index in [9.17, 15) is 0 Å². The van der Waals surface area contributed by atoms with Gasteiger partial charge in [0, 0.05) is 18.3 Å². The van der Waals surface area contributed by atoms with Crippen molar-refractivity contribution in [2.75, 3.05) is 0 Å². The average Bonchev–Trinajstić information content (AvgIpc) is 2.32. The Hall–Kier alpha value is -0.830. The summed E-state index contributed by atoms with van der Waals surface area (Å²) in [5.41, 5.74) is 8.12. The van der Waals surface area contributed by atoms with Crippen molar-refractivity contribution in [3.05, 3.63) is 17.7 Å². The lowest BCUT2D eigenvalue weighted by Crippen LogP contribution is -2.22. The summed E-state index contributed by atoms with van der Waals surface area (Å²) in [6.45, 7) is 7.07. The fourth-order valence-electron chi connectivity index (χ4n) is 1.33. The van der Waals surface area contributed by atoms with Gasteiger partial charge in [0.2, 0.25) is 0 Å². The number of aryl methyl sites for hydroxylation is 1. The van der Waals surface area contributed by atoms with Gasteiger partial charge in [0.1, 0.15) is 0 Å². The minimum Gasteiger partial charge on any atom is -0.333 e. The lowest BCUT2D eigenvalue weighted by molar-refractivity contribution is 0.578. The average molecular weight is 167 g/mol. The molecule has 1 heterocycles. The van der Waals surface area contributed by atoms with Crippen molar-refractivity contribution in [3.8, 4) is 0 Å². The molecule has 0 aromatic carbocycles. The van der Waals surface area contributed by atoms with Crippen molar-refractivity contribution >= 4 is 0 Å². The summed E-state index contributed by atoms with van der Waals surface area (Å²) in [5, 5.41) is 0. The molecule has 0 saturated heterocycles. The number of nitrogens with zero attached hydrogens (tertiary/aromatic N) is 2. The molecule has 0 aliphatic carbocycles. The molecule has 1 aromatic heterocycles. The molecule has 3 nitrogen and oxygen atoms in total. The minimum atomic E-state index is 0.197. The van der Waals surface area contributed by atoms with Crippen LogP contribution in [0.3, 0.4) is 0 Å². The highest BCUT2D eigenvalue weighted by Crippen LogP contribution is 2.06. The Morgan fingerprint density at radius 2 is 2.33 bits per heavy atom. The summed E-state index contributed by atoms with van der Waals surface area (Å²) in [4.78, 5) is 4.29. The number of aromatic nitrogens is 2. The van der Waals surface area contributed by atoms with Crippen LogP contribution >= 0.6 is 0 Å². The van der Waals surface area contributed by atoms with Crippen LogP contribution in [0.4, 0.5) is 0 Å². The number of hydrogen-bond acceptors (Lipinski definition) is 2. The van der Waals surface area contributed by atoms with Crippen LogP contribution in [0.25, 0.3) is 0 Å². The Balaban J connectivity index is 2.80. The SMILES string of the molecule is CCc1ncn(CC(C)N)c1C. The van der Waals surface area contributed by atoms with Crippen molar-refractivity contribution in [1.82, 2.24) is 9.55 Å². The van der Waals surface area contributed by atoms with E-state index in [1.165, 1.54) is 11.4 Å². The van der Waals surface area contributed by atoms with E-state index in [1.807, 2.05) is 13.3 Å². The Bertz CT molecular complexity index is 250. The van der Waals surface area contributed by atoms with Gasteiger partial charge in [-0.1, -0.05) is 6.92 Å². The number of hydrogen-bond donors (Lipinski definition) is 1. The monoisotopic (exact) mass is 167 g/mol. The molecule has 0 fully saturated rings. The smallest absolute Gasteiger partial charge is 0.0952 e. The largest absolute Gasteiger partial charge is 0.333 e. The number of nitrogens with two attached hydrogens (primary N) is 1. The molecule has 68 valence electrons. The van der Waals surface area contributed by atoms with E-state index in [1.54, 1.807) is 0 Å². The quantitative estimate of drug-likeness (QED) is 0.732. The second kappa shape index (κ2) is 3.72. The molecule has 1 aromatic rings. The molecule has 3 heteroatoms. The number of imidazole rings is 1. The summed E-state index contributed by atoms with van der Waals surface area (Å²) in [5.74, 6) is 0. The molecule has 12 heavy (non-hydrogen) atoms. The standard InChI is InChI=1S/C9H17N3/c1-4-9-8(3)12(6-11-9)5-7(2)10/h6-7H,4-5,10H2,1-3H3. The predicted octanol–water partition coefficient (Wildman–Crippen LogP) is 1.10. The van der Waals surface area contributed by atoms with Crippen molar-refractivity contribution in [3.63, 3.8) is 0 Å². The molecule has 0 aliphatic rings. The Labute approximate surface area is 73.6 Å². The summed E-state index contributed by atoms with van der Waals surface area (Å²) in [7, 11) is 0. The highest BCUT2D eigenvalue weighted by Gasteiger charge is 2.04. The Morgan fingerprint density at radius 1 is 1.67 bits per heavy atom. The maximum atomic E-state index is 5.70. The van der Waals surface area contributed by atoms with E-state index in [0.717, 1.165) is 13.0 Å². The van der Waals surface area contributed by atoms with Crippen molar-refractivity contribution in [2.45, 2.75) is 39.8 Å². The van der Waals surface area contributed by atoms with Crippen LogP contribution in [-0.2, 0) is 13.0 Å². The second-order valence-corrected chi connectivity index (χ2v) is 3.26. The Morgan fingerprint density at radius 3 is 2.75 bits per heavy atom. The van der Waals surface area contributed by atoms with Crippen LogP contribution in [0.5, 0.6) is 0 Å². The normalized spacial score (nSPS) is 13.3. The molecule has 0 amide bonds. The maximum Gasteiger partial charge on any atom is 0.0952 e. The first-order chi connectivity index (χ1) is 5.65. The fraction of sp³-hybridized carbons (Fsp3) is 0.667. The maximum absolute atomic E-state index is 5.70. The first kappa shape index (κ1) is 9.26. The highest BCUT2D eigenvalue weighted by atomic mass is 15.1. The van der Waals surface area contributed by atoms with E-state index in [0.29, 0.717) is 0 Å². The van der Waals surface area contributed by atoms with Gasteiger partial charge < -0.3 is 10.3 Å². The van der Waals surface area contributed by atoms with Gasteiger partial charge in [-0.3, -0.25) is 0 Å². The molecule has 0 bridgehead atoms. The summed E-state index contributed by atoms with van der Waals surface area (Å²) in [6, 6.07) is 0.197. The molecule has 0 aliphatic heterocycles. The first-order valence-electron chi connectivity index (χ1n) is 4.41. The molecule has 1 atom stereocenters. The van der Waals surface area contributed by atoms with Crippen LogP contribution in [0.15, 0.2) is 6.33 Å². The van der Waals surface area contributed by atoms with E-state index < -0.39 is 0 Å². The molecule has 1 unspecified atom stereocenters. The summed E-state index contributed by atoms with van der Waals surface area (Å²) in [6.07, 6.45) is 2.87. The van der Waals surface area contributed by atoms with Gasteiger partial charge in [-0.2, -0.15) is 0 Å². The fourth-order valence-corrected chi connectivity index (χ4v) is 1.33. The lowest BCUT2D eigenvalue weighted by Gasteiger charge is -2.08. The zero-order chi connectivity index (χ0) is 9.14. The third kappa shape index (κ3) is 1.85. The molecule has 0 radical (unpaired) electrons. The molecular weight excluding hydrogens is 150 g/mol. The van der Waals surface area contributed by atoms with Gasteiger partial charge >= 0.3 is 0 Å². The van der Waals surface area contributed by atoms with Crippen LogP contribution in [-0.4, -0.2) is 15.6 Å². The topological polar surface area (TPSA) is 43.8 Å². The van der Waals surface area contributed by atoms with Gasteiger partial charge in [0.25, 0.3) is 0 Å². The van der Waals surface area contributed by atoms with Gasteiger partial charge in [0.15, 0.2) is 0 Å². The van der Waals surface area contributed by atoms with Crippen molar-refractivity contribution in [1.29, 1.82) is 0 Å². The Kier molecular flexibility index (Phi) is 2.87. The van der Waals surface area contributed by atoms with Crippen LogP contribution in [0.2, 0.25) is 0 Å². The van der Waals surface area contributed by atoms with Crippen LogP contribution < -0.4 is 5.73 Å². The summed E-state index contributed by atoms with van der Waals surface area (Å²) >= 11 is 0. The molecular formula is C9H17N3. The van der Waals surface area contributed by atoms with E-state index in [-0.39, 0.29) is 6.04 Å². The van der Waals surface area contributed by atoms with Crippen LogP contribution in [0.1, 0.15) is 25.2 Å². The molecule has 0 saturated carbocycles.